The Bertz CT molecular complexity index is 1210. The second kappa shape index (κ2) is 9.45. The molecule has 0 spiro atoms. The van der Waals surface area contributed by atoms with E-state index in [1.165, 1.54) is 11.8 Å². The first-order valence-corrected chi connectivity index (χ1v) is 10.8. The number of rotatable bonds is 6. The quantitative estimate of drug-likeness (QED) is 0.393. The topological polar surface area (TPSA) is 71.1 Å². The fourth-order valence-corrected chi connectivity index (χ4v) is 3.94. The van der Waals surface area contributed by atoms with Crippen LogP contribution in [0.15, 0.2) is 96.0 Å². The lowest BCUT2D eigenvalue weighted by molar-refractivity contribution is -0.115. The van der Waals surface area contributed by atoms with Crippen molar-refractivity contribution < 1.29 is 9.59 Å². The van der Waals surface area contributed by atoms with Crippen LogP contribution < -0.4 is 10.6 Å². The van der Waals surface area contributed by atoms with Crippen LogP contribution in [0.5, 0.6) is 0 Å². The largest absolute Gasteiger partial charge is 0.322 e. The van der Waals surface area contributed by atoms with Crippen molar-refractivity contribution in [2.24, 2.45) is 0 Å². The molecule has 0 bridgehead atoms. The van der Waals surface area contributed by atoms with Gasteiger partial charge in [0.05, 0.1) is 5.25 Å². The molecule has 1 aromatic heterocycles. The number of amides is 2. The van der Waals surface area contributed by atoms with E-state index in [0.29, 0.717) is 17.1 Å². The average Bonchev–Trinajstić information content (AvgIpc) is 2.80. The molecule has 1 atom stereocenters. The number of anilines is 2. The van der Waals surface area contributed by atoms with E-state index >= 15 is 0 Å². The lowest BCUT2D eigenvalue weighted by Crippen LogP contribution is -2.22. The summed E-state index contributed by atoms with van der Waals surface area (Å²) in [6.45, 7) is 1.85. The minimum Gasteiger partial charge on any atom is -0.322 e. The molecule has 0 saturated heterocycles. The van der Waals surface area contributed by atoms with Crippen LogP contribution >= 0.6 is 11.8 Å². The van der Waals surface area contributed by atoms with Gasteiger partial charge < -0.3 is 10.6 Å². The van der Waals surface area contributed by atoms with Gasteiger partial charge in [-0.3, -0.25) is 9.59 Å². The van der Waals surface area contributed by atoms with E-state index in [4.69, 9.17) is 0 Å². The molecule has 0 aliphatic carbocycles. The van der Waals surface area contributed by atoms with Crippen LogP contribution in [-0.2, 0) is 4.79 Å². The maximum Gasteiger partial charge on any atom is 0.255 e. The molecule has 31 heavy (non-hydrogen) atoms. The van der Waals surface area contributed by atoms with Gasteiger partial charge in [-0.1, -0.05) is 36.4 Å². The summed E-state index contributed by atoms with van der Waals surface area (Å²) < 4.78 is 0. The van der Waals surface area contributed by atoms with Crippen molar-refractivity contribution in [3.8, 4) is 0 Å². The lowest BCUT2D eigenvalue weighted by atomic mass is 10.1. The lowest BCUT2D eigenvalue weighted by Gasteiger charge is -2.12. The first-order chi connectivity index (χ1) is 15.1. The SMILES string of the molecule is CC(Sc1ccc(NC(=O)c2ccc3ccccc3c2)cc1)C(=O)Nc1ccccn1. The Labute approximate surface area is 184 Å². The van der Waals surface area contributed by atoms with E-state index in [9.17, 15) is 9.59 Å². The number of hydrogen-bond acceptors (Lipinski definition) is 4. The third kappa shape index (κ3) is 5.29. The molecule has 0 radical (unpaired) electrons. The number of nitrogens with zero attached hydrogens (tertiary/aromatic N) is 1. The molecule has 0 saturated carbocycles. The molecule has 154 valence electrons. The van der Waals surface area contributed by atoms with E-state index in [-0.39, 0.29) is 17.1 Å². The van der Waals surface area contributed by atoms with E-state index in [2.05, 4.69) is 15.6 Å². The first-order valence-electron chi connectivity index (χ1n) is 9.87. The number of aromatic nitrogens is 1. The van der Waals surface area contributed by atoms with Crippen LogP contribution in [0.3, 0.4) is 0 Å². The predicted molar refractivity (Wildman–Crippen MR) is 127 cm³/mol. The van der Waals surface area contributed by atoms with Crippen LogP contribution in [-0.4, -0.2) is 22.0 Å². The average molecular weight is 428 g/mol. The number of nitrogens with one attached hydrogen (secondary N) is 2. The molecular formula is C25H21N3O2S. The molecule has 3 aromatic carbocycles. The van der Waals surface area contributed by atoms with E-state index in [1.54, 1.807) is 18.3 Å². The molecule has 5 nitrogen and oxygen atoms in total. The summed E-state index contributed by atoms with van der Waals surface area (Å²) in [5.41, 5.74) is 1.31. The molecule has 4 aromatic rings. The Morgan fingerprint density at radius 1 is 0.839 bits per heavy atom. The van der Waals surface area contributed by atoms with Crippen LogP contribution in [0.2, 0.25) is 0 Å². The number of thioether (sulfide) groups is 1. The van der Waals surface area contributed by atoms with Gasteiger partial charge in [-0.05, 0) is 66.2 Å². The highest BCUT2D eigenvalue weighted by atomic mass is 32.2. The number of fused-ring (bicyclic) bond motifs is 1. The smallest absolute Gasteiger partial charge is 0.255 e. The highest BCUT2D eigenvalue weighted by Crippen LogP contribution is 2.26. The van der Waals surface area contributed by atoms with Gasteiger partial charge in [0.2, 0.25) is 5.91 Å². The second-order valence-electron chi connectivity index (χ2n) is 7.00. The summed E-state index contributed by atoms with van der Waals surface area (Å²) in [5, 5.41) is 7.56. The van der Waals surface area contributed by atoms with Crippen LogP contribution in [0.4, 0.5) is 11.5 Å². The summed E-state index contributed by atoms with van der Waals surface area (Å²) in [6.07, 6.45) is 1.64. The van der Waals surface area contributed by atoms with E-state index in [1.807, 2.05) is 79.7 Å². The molecular weight excluding hydrogens is 406 g/mol. The van der Waals surface area contributed by atoms with Crippen molar-refractivity contribution in [1.82, 2.24) is 4.98 Å². The molecule has 2 amide bonds. The molecule has 1 unspecified atom stereocenters. The van der Waals surface area contributed by atoms with Gasteiger partial charge in [0.15, 0.2) is 0 Å². The maximum absolute atomic E-state index is 12.6. The Hall–Kier alpha value is -3.64. The number of pyridine rings is 1. The summed E-state index contributed by atoms with van der Waals surface area (Å²) in [4.78, 5) is 30.0. The number of benzene rings is 3. The Morgan fingerprint density at radius 2 is 1.58 bits per heavy atom. The van der Waals surface area contributed by atoms with Crippen molar-refractivity contribution >= 4 is 45.9 Å². The molecule has 0 aliphatic rings. The first kappa shape index (κ1) is 20.6. The van der Waals surface area contributed by atoms with Gasteiger partial charge in [-0.15, -0.1) is 11.8 Å². The summed E-state index contributed by atoms with van der Waals surface area (Å²) in [6, 6.07) is 26.4. The molecule has 6 heteroatoms. The zero-order valence-electron chi connectivity index (χ0n) is 16.9. The molecule has 0 fully saturated rings. The zero-order valence-corrected chi connectivity index (χ0v) is 17.7. The summed E-state index contributed by atoms with van der Waals surface area (Å²) in [7, 11) is 0. The summed E-state index contributed by atoms with van der Waals surface area (Å²) in [5.74, 6) is 0.262. The minimum atomic E-state index is -0.292. The van der Waals surface area contributed by atoms with Gasteiger partial charge in [-0.25, -0.2) is 4.98 Å². The van der Waals surface area contributed by atoms with Crippen molar-refractivity contribution in [2.75, 3.05) is 10.6 Å². The highest BCUT2D eigenvalue weighted by Gasteiger charge is 2.15. The van der Waals surface area contributed by atoms with Crippen LogP contribution in [0.25, 0.3) is 10.8 Å². The molecule has 4 rings (SSSR count). The third-order valence-electron chi connectivity index (χ3n) is 4.72. The molecule has 0 aliphatic heterocycles. The molecule has 1 heterocycles. The van der Waals surface area contributed by atoms with Crippen LogP contribution in [0, 0.1) is 0 Å². The standard InChI is InChI=1S/C25H21N3O2S/c1-17(24(29)28-23-8-4-5-15-26-23)31-22-13-11-21(12-14-22)27-25(30)20-10-9-18-6-2-3-7-19(18)16-20/h2-17H,1H3,(H,27,30)(H,26,28,29). The number of carbonyl (C=O) groups is 2. The second-order valence-corrected chi connectivity index (χ2v) is 8.42. The van der Waals surface area contributed by atoms with Crippen LogP contribution in [0.1, 0.15) is 17.3 Å². The maximum atomic E-state index is 12.6. The van der Waals surface area contributed by atoms with E-state index in [0.717, 1.165) is 15.7 Å². The van der Waals surface area contributed by atoms with Gasteiger partial charge in [-0.2, -0.15) is 0 Å². The van der Waals surface area contributed by atoms with E-state index < -0.39 is 0 Å². The Balaban J connectivity index is 1.36. The van der Waals surface area contributed by atoms with Gasteiger partial charge >= 0.3 is 0 Å². The Kier molecular flexibility index (Phi) is 6.29. The molecule has 2 N–H and O–H groups in total. The van der Waals surface area contributed by atoms with Crippen molar-refractivity contribution in [2.45, 2.75) is 17.1 Å². The fourth-order valence-electron chi connectivity index (χ4n) is 3.07. The summed E-state index contributed by atoms with van der Waals surface area (Å²) >= 11 is 1.44. The minimum absolute atomic E-state index is 0.114. The van der Waals surface area contributed by atoms with Crippen molar-refractivity contribution in [3.05, 3.63) is 96.7 Å². The number of hydrogen-bond donors (Lipinski definition) is 2. The highest BCUT2D eigenvalue weighted by molar-refractivity contribution is 8.00. The van der Waals surface area contributed by atoms with Crippen molar-refractivity contribution in [1.29, 1.82) is 0 Å². The van der Waals surface area contributed by atoms with Gasteiger partial charge in [0.1, 0.15) is 5.82 Å². The van der Waals surface area contributed by atoms with Gasteiger partial charge in [0, 0.05) is 22.3 Å². The normalized spacial score (nSPS) is 11.6. The van der Waals surface area contributed by atoms with Crippen molar-refractivity contribution in [3.63, 3.8) is 0 Å². The zero-order chi connectivity index (χ0) is 21.6. The number of carbonyl (C=O) groups excluding carboxylic acids is 2. The Morgan fingerprint density at radius 3 is 2.32 bits per heavy atom. The van der Waals surface area contributed by atoms with Gasteiger partial charge in [0.25, 0.3) is 5.91 Å². The third-order valence-corrected chi connectivity index (χ3v) is 5.83. The predicted octanol–water partition coefficient (Wildman–Crippen LogP) is 5.61. The fraction of sp³-hybridized carbons (Fsp3) is 0.0800. The monoisotopic (exact) mass is 427 g/mol.